The van der Waals surface area contributed by atoms with E-state index in [0.29, 0.717) is 5.56 Å². The van der Waals surface area contributed by atoms with E-state index in [1.807, 2.05) is 36.7 Å². The van der Waals surface area contributed by atoms with Crippen molar-refractivity contribution in [2.24, 2.45) is 0 Å². The first-order valence-electron chi connectivity index (χ1n) is 16.4. The summed E-state index contributed by atoms with van der Waals surface area (Å²) < 4.78 is 2.34. The Kier molecular flexibility index (Phi) is 5.87. The predicted octanol–water partition coefficient (Wildman–Crippen LogP) is 11.3. The van der Waals surface area contributed by atoms with E-state index in [-0.39, 0.29) is 0 Å². The van der Waals surface area contributed by atoms with Crippen molar-refractivity contribution in [1.82, 2.24) is 14.5 Å². The molecule has 1 aliphatic heterocycles. The van der Waals surface area contributed by atoms with Gasteiger partial charge in [-0.1, -0.05) is 72.8 Å². The Morgan fingerprint density at radius 2 is 1.37 bits per heavy atom. The third-order valence-corrected chi connectivity index (χ3v) is 9.77. The third-order valence-electron chi connectivity index (χ3n) is 9.77. The normalized spacial score (nSPS) is 12.0. The summed E-state index contributed by atoms with van der Waals surface area (Å²) in [6, 6.07) is 53.4. The minimum atomic E-state index is 0.639. The lowest BCUT2D eigenvalue weighted by Gasteiger charge is -2.27. The van der Waals surface area contributed by atoms with Crippen LogP contribution < -0.4 is 4.90 Å². The maximum absolute atomic E-state index is 9.54. The minimum absolute atomic E-state index is 0.639. The van der Waals surface area contributed by atoms with E-state index in [2.05, 4.69) is 142 Å². The number of benzene rings is 6. The molecule has 6 aromatic carbocycles. The minimum Gasteiger partial charge on any atom is -0.361 e. The molecule has 0 radical (unpaired) electrons. The molecule has 0 unspecified atom stereocenters. The molecule has 49 heavy (non-hydrogen) atoms. The Morgan fingerprint density at radius 1 is 0.612 bits per heavy atom. The summed E-state index contributed by atoms with van der Waals surface area (Å²) in [4.78, 5) is 10.7. The van der Waals surface area contributed by atoms with Crippen LogP contribution in [0, 0.1) is 11.3 Å². The van der Waals surface area contributed by atoms with Crippen molar-refractivity contribution >= 4 is 49.8 Å². The Bertz CT molecular complexity index is 2800. The van der Waals surface area contributed by atoms with Gasteiger partial charge in [-0.05, 0) is 83.9 Å². The van der Waals surface area contributed by atoms with Gasteiger partial charge in [-0.25, -0.2) is 0 Å². The second-order valence-electron chi connectivity index (χ2n) is 12.5. The van der Waals surface area contributed by atoms with Crippen LogP contribution in [0.15, 0.2) is 158 Å². The molecular formula is C44H27N5. The van der Waals surface area contributed by atoms with Gasteiger partial charge >= 0.3 is 0 Å². The average Bonchev–Trinajstić information content (AvgIpc) is 3.75. The largest absolute Gasteiger partial charge is 0.361 e. The van der Waals surface area contributed by atoms with Crippen LogP contribution in [-0.4, -0.2) is 14.5 Å². The summed E-state index contributed by atoms with van der Waals surface area (Å²) in [5, 5.41) is 13.0. The Morgan fingerprint density at radius 3 is 2.22 bits per heavy atom. The topological polar surface area (TPSA) is 60.6 Å². The molecule has 4 heterocycles. The molecule has 0 saturated carbocycles. The van der Waals surface area contributed by atoms with Gasteiger partial charge in [0.15, 0.2) is 0 Å². The number of nitrogens with zero attached hydrogens (tertiary/aromatic N) is 4. The van der Waals surface area contributed by atoms with Gasteiger partial charge in [-0.2, -0.15) is 5.26 Å². The third kappa shape index (κ3) is 4.08. The number of nitrogens with one attached hydrogen (secondary N) is 1. The molecule has 1 N–H and O–H groups in total. The first-order valence-corrected chi connectivity index (χ1v) is 16.4. The zero-order chi connectivity index (χ0) is 32.5. The van der Waals surface area contributed by atoms with E-state index in [4.69, 9.17) is 4.98 Å². The standard InChI is InChI=1S/C44H27N5/c45-26-28-16-19-31(20-17-28)49-41-14-5-2-9-36(41)43-35-8-1-4-13-40(35)48(42-15-6-3-10-37(42)44(43)49)32-25-30-24-29(18-21-38(30)47-27-32)33-11-7-12-39-34(33)22-23-46-39/h1-25,27,46H. The SMILES string of the molecule is N#Cc1ccc(-n2c3c(c4ccccc42)-c2ccccc2N(c2cnc4ccc(-c5cccc6[nH]ccc56)cc4c2)c2ccccc2-3)cc1. The molecule has 5 heteroatoms. The summed E-state index contributed by atoms with van der Waals surface area (Å²) in [6.07, 6.45) is 3.99. The van der Waals surface area contributed by atoms with Crippen LogP contribution in [0.2, 0.25) is 0 Å². The van der Waals surface area contributed by atoms with E-state index in [1.54, 1.807) is 0 Å². The molecule has 0 amide bonds. The van der Waals surface area contributed by atoms with Crippen molar-refractivity contribution in [3.05, 3.63) is 164 Å². The smallest absolute Gasteiger partial charge is 0.0991 e. The number of aromatic amines is 1. The van der Waals surface area contributed by atoms with Crippen molar-refractivity contribution in [1.29, 1.82) is 5.26 Å². The lowest BCUT2D eigenvalue weighted by Crippen LogP contribution is -2.11. The van der Waals surface area contributed by atoms with Crippen LogP contribution in [0.4, 0.5) is 17.1 Å². The van der Waals surface area contributed by atoms with Gasteiger partial charge in [0.05, 0.1) is 51.6 Å². The molecule has 1 aliphatic rings. The predicted molar refractivity (Wildman–Crippen MR) is 200 cm³/mol. The second-order valence-corrected chi connectivity index (χ2v) is 12.5. The number of H-pyrrole nitrogens is 1. The maximum atomic E-state index is 9.54. The number of rotatable bonds is 3. The van der Waals surface area contributed by atoms with Gasteiger partial charge in [-0.3, -0.25) is 4.98 Å². The van der Waals surface area contributed by atoms with Crippen molar-refractivity contribution in [2.45, 2.75) is 0 Å². The first kappa shape index (κ1) is 27.2. The maximum Gasteiger partial charge on any atom is 0.0991 e. The molecule has 9 aromatic rings. The highest BCUT2D eigenvalue weighted by Crippen LogP contribution is 2.54. The fourth-order valence-electron chi connectivity index (χ4n) is 7.62. The molecule has 0 atom stereocenters. The lowest BCUT2D eigenvalue weighted by molar-refractivity contribution is 1.13. The monoisotopic (exact) mass is 625 g/mol. The second kappa shape index (κ2) is 10.6. The van der Waals surface area contributed by atoms with Crippen molar-refractivity contribution in [2.75, 3.05) is 4.90 Å². The Labute approximate surface area is 282 Å². The quantitative estimate of drug-likeness (QED) is 0.212. The first-order chi connectivity index (χ1) is 24.3. The lowest BCUT2D eigenvalue weighted by atomic mass is 9.98. The number of anilines is 3. The highest BCUT2D eigenvalue weighted by molar-refractivity contribution is 6.13. The van der Waals surface area contributed by atoms with Crippen LogP contribution in [0.25, 0.3) is 71.9 Å². The Hall–Kier alpha value is -6.90. The van der Waals surface area contributed by atoms with E-state index >= 15 is 0 Å². The van der Waals surface area contributed by atoms with Gasteiger partial charge in [0.25, 0.3) is 0 Å². The fraction of sp³-hybridized carbons (Fsp3) is 0. The molecule has 0 saturated heterocycles. The number of nitriles is 1. The van der Waals surface area contributed by atoms with Gasteiger partial charge in [0.1, 0.15) is 0 Å². The van der Waals surface area contributed by atoms with Crippen LogP contribution in [-0.2, 0) is 0 Å². The van der Waals surface area contributed by atoms with Gasteiger partial charge < -0.3 is 14.5 Å². The highest BCUT2D eigenvalue weighted by atomic mass is 15.2. The van der Waals surface area contributed by atoms with Gasteiger partial charge in [-0.15, -0.1) is 0 Å². The molecule has 0 aliphatic carbocycles. The summed E-state index contributed by atoms with van der Waals surface area (Å²) in [6.45, 7) is 0. The van der Waals surface area contributed by atoms with Crippen LogP contribution in [0.1, 0.15) is 5.56 Å². The summed E-state index contributed by atoms with van der Waals surface area (Å²) in [5.74, 6) is 0. The molecule has 0 bridgehead atoms. The van der Waals surface area contributed by atoms with Crippen molar-refractivity contribution in [3.63, 3.8) is 0 Å². The number of hydrogen-bond acceptors (Lipinski definition) is 3. The zero-order valence-corrected chi connectivity index (χ0v) is 26.3. The summed E-state index contributed by atoms with van der Waals surface area (Å²) >= 11 is 0. The fourth-order valence-corrected chi connectivity index (χ4v) is 7.62. The average molecular weight is 626 g/mol. The number of hydrogen-bond donors (Lipinski definition) is 1. The molecule has 228 valence electrons. The number of pyridine rings is 1. The summed E-state index contributed by atoms with van der Waals surface area (Å²) in [5.41, 5.74) is 14.9. The van der Waals surface area contributed by atoms with Crippen molar-refractivity contribution < 1.29 is 0 Å². The van der Waals surface area contributed by atoms with Gasteiger partial charge in [0.2, 0.25) is 0 Å². The molecule has 0 spiro atoms. The number of aromatic nitrogens is 3. The van der Waals surface area contributed by atoms with E-state index in [1.165, 1.54) is 21.9 Å². The molecule has 3 aromatic heterocycles. The number of fused-ring (bicyclic) bond motifs is 9. The van der Waals surface area contributed by atoms with E-state index < -0.39 is 0 Å². The van der Waals surface area contributed by atoms with E-state index in [0.717, 1.165) is 67.1 Å². The van der Waals surface area contributed by atoms with Gasteiger partial charge in [0, 0.05) is 50.2 Å². The van der Waals surface area contributed by atoms with Crippen LogP contribution in [0.5, 0.6) is 0 Å². The zero-order valence-electron chi connectivity index (χ0n) is 26.3. The Balaban J connectivity index is 1.24. The molecule has 0 fully saturated rings. The van der Waals surface area contributed by atoms with E-state index in [9.17, 15) is 5.26 Å². The number of para-hydroxylation sites is 3. The highest BCUT2D eigenvalue weighted by Gasteiger charge is 2.31. The molecule has 5 nitrogen and oxygen atoms in total. The molecular weight excluding hydrogens is 599 g/mol. The van der Waals surface area contributed by atoms with Crippen LogP contribution >= 0.6 is 0 Å². The summed E-state index contributed by atoms with van der Waals surface area (Å²) in [7, 11) is 0. The van der Waals surface area contributed by atoms with Crippen molar-refractivity contribution in [3.8, 4) is 45.3 Å². The van der Waals surface area contributed by atoms with Crippen LogP contribution in [0.3, 0.4) is 0 Å². The molecule has 10 rings (SSSR count).